The Morgan fingerprint density at radius 2 is 1.73 bits per heavy atom. The first-order chi connectivity index (χ1) is 6.89. The van der Waals surface area contributed by atoms with E-state index in [2.05, 4.69) is 43.9 Å². The van der Waals surface area contributed by atoms with Gasteiger partial charge in [-0.1, -0.05) is 0 Å². The molecule has 0 amide bonds. The average molecular weight is 285 g/mol. The first-order valence-corrected chi connectivity index (χ1v) is 10.7. The second-order valence-corrected chi connectivity index (χ2v) is 12.0. The summed E-state index contributed by atoms with van der Waals surface area (Å²) in [5.41, 5.74) is 0. The van der Waals surface area contributed by atoms with Gasteiger partial charge in [-0.05, 0) is 0 Å². The number of hydrogen-bond donors (Lipinski definition) is 0. The molecule has 0 heterocycles. The summed E-state index contributed by atoms with van der Waals surface area (Å²) in [5.74, 6) is 0.296. The van der Waals surface area contributed by atoms with Gasteiger partial charge < -0.3 is 0 Å². The zero-order valence-corrected chi connectivity index (χ0v) is 12.5. The second-order valence-electron chi connectivity index (χ2n) is 4.77. The molecular weight excluding hydrogens is 267 g/mol. The molecular formula is C12H18OSeSi. The number of rotatable bonds is 4. The molecule has 0 atom stereocenters. The van der Waals surface area contributed by atoms with Crippen LogP contribution in [0.25, 0.3) is 0 Å². The van der Waals surface area contributed by atoms with Crippen molar-refractivity contribution in [3.8, 4) is 0 Å². The zero-order valence-electron chi connectivity index (χ0n) is 9.83. The van der Waals surface area contributed by atoms with E-state index in [0.29, 0.717) is 20.7 Å². The third-order valence-electron chi connectivity index (χ3n) is 2.16. The SMILES string of the molecule is CC(=O)C[Se]c1ccc([Si](C)(C)C)cc1. The van der Waals surface area contributed by atoms with Crippen molar-refractivity contribution in [2.24, 2.45) is 0 Å². The van der Waals surface area contributed by atoms with Gasteiger partial charge in [-0.2, -0.15) is 0 Å². The van der Waals surface area contributed by atoms with Gasteiger partial charge in [0, 0.05) is 0 Å². The number of hydrogen-bond acceptors (Lipinski definition) is 1. The van der Waals surface area contributed by atoms with Crippen LogP contribution in [0.2, 0.25) is 25.0 Å². The van der Waals surface area contributed by atoms with Crippen LogP contribution >= 0.6 is 0 Å². The molecule has 15 heavy (non-hydrogen) atoms. The third-order valence-corrected chi connectivity index (χ3v) is 6.65. The van der Waals surface area contributed by atoms with E-state index in [1.165, 1.54) is 9.65 Å². The Kier molecular flexibility index (Phi) is 4.32. The minimum atomic E-state index is -1.16. The minimum absolute atomic E-state index is 0.296. The average Bonchev–Trinajstić information content (AvgIpc) is 2.14. The topological polar surface area (TPSA) is 17.1 Å². The van der Waals surface area contributed by atoms with Gasteiger partial charge in [0.25, 0.3) is 0 Å². The van der Waals surface area contributed by atoms with Crippen molar-refractivity contribution >= 4 is 38.5 Å². The Bertz CT molecular complexity index is 338. The molecule has 0 aliphatic rings. The summed E-state index contributed by atoms with van der Waals surface area (Å²) in [6, 6.07) is 8.86. The fourth-order valence-corrected chi connectivity index (χ4v) is 3.87. The zero-order chi connectivity index (χ0) is 11.5. The van der Waals surface area contributed by atoms with Crippen LogP contribution in [0.3, 0.4) is 0 Å². The van der Waals surface area contributed by atoms with Gasteiger partial charge in [-0.3, -0.25) is 0 Å². The van der Waals surface area contributed by atoms with Crippen LogP contribution in [0.15, 0.2) is 24.3 Å². The van der Waals surface area contributed by atoms with Crippen molar-refractivity contribution < 1.29 is 4.79 Å². The van der Waals surface area contributed by atoms with Gasteiger partial charge in [-0.25, -0.2) is 0 Å². The molecule has 1 aromatic rings. The Morgan fingerprint density at radius 3 is 2.13 bits per heavy atom. The number of Topliss-reactive ketones (excluding diaryl/α,β-unsaturated/α-hetero) is 1. The van der Waals surface area contributed by atoms with E-state index < -0.39 is 8.07 Å². The van der Waals surface area contributed by atoms with Crippen molar-refractivity contribution in [1.82, 2.24) is 0 Å². The fourth-order valence-electron chi connectivity index (χ4n) is 1.24. The molecule has 0 saturated heterocycles. The van der Waals surface area contributed by atoms with Gasteiger partial charge in [-0.15, -0.1) is 0 Å². The summed E-state index contributed by atoms with van der Waals surface area (Å²) in [7, 11) is -1.16. The van der Waals surface area contributed by atoms with Crippen LogP contribution < -0.4 is 9.65 Å². The van der Waals surface area contributed by atoms with Gasteiger partial charge in [0.15, 0.2) is 0 Å². The number of ketones is 1. The van der Waals surface area contributed by atoms with Crippen LogP contribution in [0, 0.1) is 0 Å². The summed E-state index contributed by atoms with van der Waals surface area (Å²) in [5, 5.41) is 2.21. The van der Waals surface area contributed by atoms with Crippen LogP contribution in [0.1, 0.15) is 6.92 Å². The van der Waals surface area contributed by atoms with E-state index >= 15 is 0 Å². The van der Waals surface area contributed by atoms with E-state index in [-0.39, 0.29) is 0 Å². The number of carbonyl (C=O) groups excluding carboxylic acids is 1. The molecule has 0 bridgehead atoms. The van der Waals surface area contributed by atoms with Crippen LogP contribution in [-0.2, 0) is 4.79 Å². The Labute approximate surface area is 99.4 Å². The molecule has 82 valence electrons. The van der Waals surface area contributed by atoms with E-state index in [9.17, 15) is 4.79 Å². The van der Waals surface area contributed by atoms with Crippen molar-refractivity contribution in [3.63, 3.8) is 0 Å². The molecule has 0 fully saturated rings. The molecule has 0 N–H and O–H groups in total. The van der Waals surface area contributed by atoms with E-state index in [4.69, 9.17) is 0 Å². The first-order valence-electron chi connectivity index (χ1n) is 5.12. The third kappa shape index (κ3) is 4.33. The summed E-state index contributed by atoms with van der Waals surface area (Å²) in [6.45, 7) is 8.71. The Hall–Kier alpha value is -0.374. The number of benzene rings is 1. The molecule has 0 unspecified atom stereocenters. The normalized spacial score (nSPS) is 11.5. The van der Waals surface area contributed by atoms with Crippen molar-refractivity contribution in [2.45, 2.75) is 31.9 Å². The first kappa shape index (κ1) is 12.7. The molecule has 3 heteroatoms. The van der Waals surface area contributed by atoms with Crippen LogP contribution in [0.5, 0.6) is 0 Å². The standard InChI is InChI=1S/C12H18OSeSi/c1-10(13)9-14-11-5-7-12(8-6-11)15(2,3)4/h5-8H,9H2,1-4H3. The predicted octanol–water partition coefficient (Wildman–Crippen LogP) is 1.57. The van der Waals surface area contributed by atoms with Gasteiger partial charge in [0.1, 0.15) is 0 Å². The van der Waals surface area contributed by atoms with Crippen molar-refractivity contribution in [3.05, 3.63) is 24.3 Å². The van der Waals surface area contributed by atoms with E-state index in [0.717, 1.165) is 5.32 Å². The fraction of sp³-hybridized carbons (Fsp3) is 0.417. The quantitative estimate of drug-likeness (QED) is 0.768. The maximum absolute atomic E-state index is 10.9. The molecule has 1 rings (SSSR count). The Morgan fingerprint density at radius 1 is 1.20 bits per heavy atom. The summed E-state index contributed by atoms with van der Waals surface area (Å²) in [4.78, 5) is 10.9. The predicted molar refractivity (Wildman–Crippen MR) is 70.3 cm³/mol. The number of carbonyl (C=O) groups is 1. The van der Waals surface area contributed by atoms with E-state index in [1.54, 1.807) is 6.92 Å². The summed E-state index contributed by atoms with van der Waals surface area (Å²) < 4.78 is 1.33. The van der Waals surface area contributed by atoms with Gasteiger partial charge >= 0.3 is 99.4 Å². The van der Waals surface area contributed by atoms with Gasteiger partial charge in [0.2, 0.25) is 0 Å². The molecule has 1 nitrogen and oxygen atoms in total. The monoisotopic (exact) mass is 286 g/mol. The molecule has 0 saturated carbocycles. The van der Waals surface area contributed by atoms with Gasteiger partial charge in [0.05, 0.1) is 0 Å². The molecule has 0 spiro atoms. The molecule has 0 aliphatic carbocycles. The molecule has 0 radical (unpaired) electrons. The summed E-state index contributed by atoms with van der Waals surface area (Å²) >= 11 is 0.323. The Balaban J connectivity index is 2.69. The molecule has 0 aliphatic heterocycles. The van der Waals surface area contributed by atoms with E-state index in [1.807, 2.05) is 0 Å². The second kappa shape index (κ2) is 5.11. The van der Waals surface area contributed by atoms with Crippen LogP contribution in [0.4, 0.5) is 0 Å². The van der Waals surface area contributed by atoms with Crippen LogP contribution in [-0.4, -0.2) is 28.8 Å². The van der Waals surface area contributed by atoms with Crippen molar-refractivity contribution in [2.75, 3.05) is 0 Å². The summed E-state index contributed by atoms with van der Waals surface area (Å²) in [6.07, 6.45) is 0. The van der Waals surface area contributed by atoms with Crippen molar-refractivity contribution in [1.29, 1.82) is 0 Å². The molecule has 0 aromatic heterocycles. The molecule has 1 aromatic carbocycles. The maximum atomic E-state index is 10.9.